The maximum Gasteiger partial charge on any atom is 0.304 e. The number of nitrogens with zero attached hydrogens (tertiary/aromatic N) is 1. The molecule has 0 saturated heterocycles. The molecular weight excluding hydrogens is 501 g/mol. The Labute approximate surface area is 225 Å². The first-order valence-corrected chi connectivity index (χ1v) is 13.0. The van der Waals surface area contributed by atoms with Gasteiger partial charge in [0.1, 0.15) is 35.4 Å². The van der Waals surface area contributed by atoms with Crippen molar-refractivity contribution in [2.24, 2.45) is 0 Å². The Morgan fingerprint density at radius 1 is 1.13 bits per heavy atom. The van der Waals surface area contributed by atoms with Crippen LogP contribution in [0.4, 0.5) is 4.39 Å². The number of carbonyl (C=O) groups is 1. The number of carboxylic acid groups (broad SMARTS) is 1. The number of rotatable bonds is 8. The molecule has 1 aromatic heterocycles. The van der Waals surface area contributed by atoms with Gasteiger partial charge in [0.25, 0.3) is 0 Å². The van der Waals surface area contributed by atoms with Crippen LogP contribution in [-0.4, -0.2) is 22.7 Å². The Morgan fingerprint density at radius 3 is 2.69 bits per heavy atom. The van der Waals surface area contributed by atoms with Crippen LogP contribution in [0.3, 0.4) is 0 Å². The summed E-state index contributed by atoms with van der Waals surface area (Å²) in [6.07, 6.45) is 4.03. The van der Waals surface area contributed by atoms with E-state index in [0.717, 1.165) is 39.1 Å². The van der Waals surface area contributed by atoms with E-state index in [-0.39, 0.29) is 24.8 Å². The molecule has 2 heterocycles. The van der Waals surface area contributed by atoms with Gasteiger partial charge in [-0.2, -0.15) is 0 Å². The highest BCUT2D eigenvalue weighted by Crippen LogP contribution is 2.45. The van der Waals surface area contributed by atoms with Crippen molar-refractivity contribution in [2.75, 3.05) is 6.61 Å². The number of oxazole rings is 1. The molecule has 200 valence electrons. The molecule has 7 nitrogen and oxygen atoms in total. The van der Waals surface area contributed by atoms with E-state index < -0.39 is 12.1 Å². The number of fused-ring (bicyclic) bond motifs is 2. The molecule has 1 aliphatic heterocycles. The standard InChI is InChI=1S/C31H28FNO6/c1-17-11-21(37-16-28-33-9-10-36-28)12-18(2)30(17)23-5-7-25(32)31-24(23)6-8-26(31)39-20-3-4-22-19(13-29(34)35)15-38-27(22)14-20/h3-5,7,9-12,14,19,26H,6,8,13,15-16H2,1-2H3,(H,34,35)/t19?,26-/m1/s1. The zero-order valence-corrected chi connectivity index (χ0v) is 21.7. The van der Waals surface area contributed by atoms with E-state index >= 15 is 4.39 Å². The van der Waals surface area contributed by atoms with E-state index in [0.29, 0.717) is 42.4 Å². The van der Waals surface area contributed by atoms with E-state index in [4.69, 9.17) is 23.7 Å². The summed E-state index contributed by atoms with van der Waals surface area (Å²) in [5, 5.41) is 9.15. The first kappa shape index (κ1) is 25.0. The molecule has 0 radical (unpaired) electrons. The van der Waals surface area contributed by atoms with Gasteiger partial charge in [-0.25, -0.2) is 9.37 Å². The van der Waals surface area contributed by atoms with Gasteiger partial charge >= 0.3 is 5.97 Å². The average Bonchev–Trinajstić information content (AvgIpc) is 3.65. The largest absolute Gasteiger partial charge is 0.492 e. The van der Waals surface area contributed by atoms with Gasteiger partial charge < -0.3 is 23.7 Å². The van der Waals surface area contributed by atoms with Crippen LogP contribution in [0.5, 0.6) is 17.2 Å². The quantitative estimate of drug-likeness (QED) is 0.272. The second-order valence-electron chi connectivity index (χ2n) is 10.1. The molecule has 2 atom stereocenters. The molecule has 0 bridgehead atoms. The van der Waals surface area contributed by atoms with Crippen molar-refractivity contribution in [2.45, 2.75) is 51.7 Å². The van der Waals surface area contributed by atoms with Gasteiger partial charge in [0.15, 0.2) is 6.61 Å². The Bertz CT molecular complexity index is 1520. The van der Waals surface area contributed by atoms with Crippen molar-refractivity contribution >= 4 is 5.97 Å². The van der Waals surface area contributed by atoms with Gasteiger partial charge in [0.05, 0.1) is 19.2 Å². The molecular formula is C31H28FNO6. The summed E-state index contributed by atoms with van der Waals surface area (Å²) in [6.45, 7) is 4.63. The third kappa shape index (κ3) is 4.82. The number of benzene rings is 3. The van der Waals surface area contributed by atoms with Gasteiger partial charge in [-0.15, -0.1) is 0 Å². The molecule has 0 saturated carbocycles. The van der Waals surface area contributed by atoms with Crippen LogP contribution in [0.1, 0.15) is 58.6 Å². The molecule has 8 heteroatoms. The van der Waals surface area contributed by atoms with Crippen LogP contribution in [0.2, 0.25) is 0 Å². The monoisotopic (exact) mass is 529 g/mol. The molecule has 0 fully saturated rings. The molecule has 39 heavy (non-hydrogen) atoms. The number of aromatic nitrogens is 1. The first-order chi connectivity index (χ1) is 18.9. The van der Waals surface area contributed by atoms with E-state index in [1.54, 1.807) is 12.3 Å². The number of hydrogen-bond acceptors (Lipinski definition) is 6. The minimum Gasteiger partial charge on any atom is -0.492 e. The predicted octanol–water partition coefficient (Wildman–Crippen LogP) is 6.69. The van der Waals surface area contributed by atoms with Crippen LogP contribution >= 0.6 is 0 Å². The summed E-state index contributed by atoms with van der Waals surface area (Å²) >= 11 is 0. The van der Waals surface area contributed by atoms with Crippen LogP contribution in [-0.2, 0) is 17.8 Å². The number of aliphatic carboxylic acids is 1. The third-order valence-electron chi connectivity index (χ3n) is 7.47. The van der Waals surface area contributed by atoms with E-state index in [2.05, 4.69) is 4.98 Å². The zero-order valence-electron chi connectivity index (χ0n) is 21.7. The number of carboxylic acids is 1. The Balaban J connectivity index is 1.25. The molecule has 0 spiro atoms. The van der Waals surface area contributed by atoms with Gasteiger partial charge in [0.2, 0.25) is 5.89 Å². The zero-order chi connectivity index (χ0) is 27.1. The topological polar surface area (TPSA) is 91.0 Å². The van der Waals surface area contributed by atoms with Crippen LogP contribution in [0.15, 0.2) is 59.3 Å². The summed E-state index contributed by atoms with van der Waals surface area (Å²) in [4.78, 5) is 15.2. The van der Waals surface area contributed by atoms with E-state index in [1.165, 1.54) is 12.3 Å². The highest BCUT2D eigenvalue weighted by atomic mass is 19.1. The Hall–Kier alpha value is -4.33. The van der Waals surface area contributed by atoms with Crippen molar-refractivity contribution in [3.8, 4) is 28.4 Å². The lowest BCUT2D eigenvalue weighted by atomic mass is 9.90. The summed E-state index contributed by atoms with van der Waals surface area (Å²) in [6, 6.07) is 12.8. The normalized spacial score (nSPS) is 17.4. The van der Waals surface area contributed by atoms with Crippen molar-refractivity contribution < 1.29 is 32.9 Å². The SMILES string of the molecule is Cc1cc(OCc2ncco2)cc(C)c1-c1ccc(F)c2c1CC[C@H]2Oc1ccc2c(c1)OCC2CC(=O)O. The lowest BCUT2D eigenvalue weighted by Crippen LogP contribution is -2.07. The lowest BCUT2D eigenvalue weighted by Gasteiger charge is -2.19. The van der Waals surface area contributed by atoms with Gasteiger partial charge in [-0.1, -0.05) is 12.1 Å². The van der Waals surface area contributed by atoms with Crippen LogP contribution < -0.4 is 14.2 Å². The van der Waals surface area contributed by atoms with Crippen molar-refractivity contribution in [3.63, 3.8) is 0 Å². The first-order valence-electron chi connectivity index (χ1n) is 13.0. The van der Waals surface area contributed by atoms with Gasteiger partial charge in [0, 0.05) is 23.1 Å². The van der Waals surface area contributed by atoms with Crippen molar-refractivity contribution in [1.29, 1.82) is 0 Å². The second kappa shape index (κ2) is 10.1. The Kier molecular flexibility index (Phi) is 6.46. The fourth-order valence-electron chi connectivity index (χ4n) is 5.80. The molecule has 1 N–H and O–H groups in total. The predicted molar refractivity (Wildman–Crippen MR) is 141 cm³/mol. The van der Waals surface area contributed by atoms with Crippen LogP contribution in [0, 0.1) is 19.7 Å². The third-order valence-corrected chi connectivity index (χ3v) is 7.47. The maximum atomic E-state index is 15.2. The number of ether oxygens (including phenoxy) is 3. The van der Waals surface area contributed by atoms with E-state index in [1.807, 2.05) is 44.2 Å². The van der Waals surface area contributed by atoms with Crippen molar-refractivity contribution in [1.82, 2.24) is 4.98 Å². The minimum atomic E-state index is -0.857. The summed E-state index contributed by atoms with van der Waals surface area (Å²) in [5.74, 6) is 1.11. The number of halogens is 1. The fraction of sp³-hybridized carbons (Fsp3) is 0.290. The fourth-order valence-corrected chi connectivity index (χ4v) is 5.80. The maximum absolute atomic E-state index is 15.2. The molecule has 0 amide bonds. The summed E-state index contributed by atoms with van der Waals surface area (Å²) in [7, 11) is 0. The lowest BCUT2D eigenvalue weighted by molar-refractivity contribution is -0.137. The number of aryl methyl sites for hydroxylation is 2. The molecule has 1 unspecified atom stereocenters. The average molecular weight is 530 g/mol. The summed E-state index contributed by atoms with van der Waals surface area (Å²) in [5.41, 5.74) is 6.53. The molecule has 1 aliphatic carbocycles. The molecule has 3 aromatic carbocycles. The van der Waals surface area contributed by atoms with Crippen LogP contribution in [0.25, 0.3) is 11.1 Å². The van der Waals surface area contributed by atoms with Gasteiger partial charge in [-0.05, 0) is 78.8 Å². The number of hydrogen-bond donors (Lipinski definition) is 1. The smallest absolute Gasteiger partial charge is 0.304 e. The van der Waals surface area contributed by atoms with Gasteiger partial charge in [-0.3, -0.25) is 4.79 Å². The molecule has 6 rings (SSSR count). The highest BCUT2D eigenvalue weighted by Gasteiger charge is 2.32. The molecule has 2 aliphatic rings. The molecule has 4 aromatic rings. The minimum absolute atomic E-state index is 0.0182. The van der Waals surface area contributed by atoms with Crippen molar-refractivity contribution in [3.05, 3.63) is 94.4 Å². The summed E-state index contributed by atoms with van der Waals surface area (Å²) < 4.78 is 38.4. The highest BCUT2D eigenvalue weighted by molar-refractivity contribution is 5.76. The second-order valence-corrected chi connectivity index (χ2v) is 10.1. The Morgan fingerprint density at radius 2 is 1.95 bits per heavy atom. The van der Waals surface area contributed by atoms with E-state index in [9.17, 15) is 4.79 Å².